The molecule has 0 unspecified atom stereocenters. The van der Waals surface area contributed by atoms with Gasteiger partial charge < -0.3 is 5.32 Å². The van der Waals surface area contributed by atoms with E-state index in [9.17, 15) is 0 Å². The van der Waals surface area contributed by atoms with Gasteiger partial charge in [0.2, 0.25) is 0 Å². The second kappa shape index (κ2) is 5.14. The molecular weight excluding hydrogens is 242 g/mol. The maximum atomic E-state index is 4.29. The zero-order valence-corrected chi connectivity index (χ0v) is 10.7. The lowest BCUT2D eigenvalue weighted by molar-refractivity contribution is 1.01. The molecule has 0 aliphatic heterocycles. The van der Waals surface area contributed by atoms with Crippen molar-refractivity contribution < 1.29 is 0 Å². The Hall–Kier alpha value is -1.94. The number of fused-ring (bicyclic) bond motifs is 1. The van der Waals surface area contributed by atoms with E-state index >= 15 is 0 Å². The topological polar surface area (TPSA) is 37.8 Å². The minimum atomic E-state index is 0.881. The van der Waals surface area contributed by atoms with Crippen LogP contribution in [0.1, 0.15) is 5.56 Å². The van der Waals surface area contributed by atoms with Crippen LogP contribution in [0.3, 0.4) is 0 Å². The molecule has 90 valence electrons. The van der Waals surface area contributed by atoms with Crippen molar-refractivity contribution in [3.63, 3.8) is 0 Å². The second-order valence-corrected chi connectivity index (χ2v) is 4.92. The van der Waals surface area contributed by atoms with Crippen molar-refractivity contribution in [3.8, 4) is 0 Å². The van der Waals surface area contributed by atoms with Gasteiger partial charge in [-0.05, 0) is 23.4 Å². The van der Waals surface area contributed by atoms with Crippen LogP contribution in [-0.4, -0.2) is 16.5 Å². The molecule has 3 rings (SSSR count). The van der Waals surface area contributed by atoms with E-state index in [1.165, 1.54) is 5.56 Å². The molecule has 0 radical (unpaired) electrons. The third-order valence-corrected chi connectivity index (χ3v) is 3.63. The molecule has 0 aliphatic rings. The molecular formula is C14H13N3S. The summed E-state index contributed by atoms with van der Waals surface area (Å²) in [5.41, 5.74) is 1.33. The van der Waals surface area contributed by atoms with Crippen molar-refractivity contribution in [2.24, 2.45) is 0 Å². The van der Waals surface area contributed by atoms with Crippen LogP contribution in [0, 0.1) is 0 Å². The van der Waals surface area contributed by atoms with Gasteiger partial charge in [-0.25, -0.2) is 9.97 Å². The Morgan fingerprint density at radius 1 is 1.06 bits per heavy atom. The van der Waals surface area contributed by atoms with Crippen molar-refractivity contribution in [2.45, 2.75) is 6.42 Å². The molecule has 2 heterocycles. The minimum absolute atomic E-state index is 0.881. The first-order valence-electron chi connectivity index (χ1n) is 5.89. The molecule has 1 aromatic carbocycles. The van der Waals surface area contributed by atoms with E-state index in [4.69, 9.17) is 0 Å². The number of anilines is 1. The summed E-state index contributed by atoms with van der Waals surface area (Å²) in [5.74, 6) is 0.928. The van der Waals surface area contributed by atoms with E-state index in [-0.39, 0.29) is 0 Å². The van der Waals surface area contributed by atoms with E-state index in [0.29, 0.717) is 0 Å². The van der Waals surface area contributed by atoms with Crippen LogP contribution in [0.5, 0.6) is 0 Å². The second-order valence-electron chi connectivity index (χ2n) is 4.02. The third-order valence-electron chi connectivity index (χ3n) is 2.81. The number of aromatic nitrogens is 2. The Kier molecular flexibility index (Phi) is 3.19. The van der Waals surface area contributed by atoms with E-state index in [1.807, 2.05) is 11.4 Å². The maximum Gasteiger partial charge on any atom is 0.138 e. The molecule has 0 fully saturated rings. The van der Waals surface area contributed by atoms with Crippen LogP contribution < -0.4 is 5.32 Å². The minimum Gasteiger partial charge on any atom is -0.369 e. The van der Waals surface area contributed by atoms with Gasteiger partial charge in [-0.15, -0.1) is 11.3 Å². The van der Waals surface area contributed by atoms with Gasteiger partial charge in [0.1, 0.15) is 17.0 Å². The molecule has 3 nitrogen and oxygen atoms in total. The highest BCUT2D eigenvalue weighted by Gasteiger charge is 2.03. The van der Waals surface area contributed by atoms with Crippen molar-refractivity contribution in [1.29, 1.82) is 0 Å². The first-order chi connectivity index (χ1) is 8.93. The summed E-state index contributed by atoms with van der Waals surface area (Å²) in [5, 5.41) is 6.53. The average molecular weight is 255 g/mol. The summed E-state index contributed by atoms with van der Waals surface area (Å²) in [6, 6.07) is 12.5. The van der Waals surface area contributed by atoms with Crippen LogP contribution >= 0.6 is 11.3 Å². The molecule has 0 bridgehead atoms. The summed E-state index contributed by atoms with van der Waals surface area (Å²) >= 11 is 1.64. The third kappa shape index (κ3) is 2.33. The molecule has 18 heavy (non-hydrogen) atoms. The molecule has 0 saturated carbocycles. The van der Waals surface area contributed by atoms with Crippen molar-refractivity contribution >= 4 is 27.4 Å². The Bertz CT molecular complexity index is 634. The SMILES string of the molecule is c1ccc(CCNc2ncnc3sccc23)cc1. The molecule has 4 heteroatoms. The average Bonchev–Trinajstić information content (AvgIpc) is 2.89. The predicted molar refractivity (Wildman–Crippen MR) is 76.1 cm³/mol. The van der Waals surface area contributed by atoms with Crippen molar-refractivity contribution in [1.82, 2.24) is 9.97 Å². The van der Waals surface area contributed by atoms with Gasteiger partial charge in [-0.3, -0.25) is 0 Å². The number of rotatable bonds is 4. The van der Waals surface area contributed by atoms with E-state index in [2.05, 4.69) is 45.6 Å². The smallest absolute Gasteiger partial charge is 0.138 e. The van der Waals surface area contributed by atoms with Crippen LogP contribution in [0.25, 0.3) is 10.2 Å². The first kappa shape index (κ1) is 11.2. The fraction of sp³-hybridized carbons (Fsp3) is 0.143. The van der Waals surface area contributed by atoms with Gasteiger partial charge >= 0.3 is 0 Å². The van der Waals surface area contributed by atoms with Gasteiger partial charge in [0.05, 0.1) is 5.39 Å². The van der Waals surface area contributed by atoms with Crippen molar-refractivity contribution in [2.75, 3.05) is 11.9 Å². The maximum absolute atomic E-state index is 4.29. The number of thiophene rings is 1. The van der Waals surface area contributed by atoms with Gasteiger partial charge in [-0.2, -0.15) is 0 Å². The number of benzene rings is 1. The van der Waals surface area contributed by atoms with Crippen LogP contribution in [0.2, 0.25) is 0 Å². The van der Waals surface area contributed by atoms with E-state index < -0.39 is 0 Å². The molecule has 2 aromatic heterocycles. The summed E-state index contributed by atoms with van der Waals surface area (Å²) in [7, 11) is 0. The molecule has 3 aromatic rings. The summed E-state index contributed by atoms with van der Waals surface area (Å²) < 4.78 is 0. The Morgan fingerprint density at radius 2 is 1.94 bits per heavy atom. The van der Waals surface area contributed by atoms with Gasteiger partial charge in [0, 0.05) is 6.54 Å². The normalized spacial score (nSPS) is 10.7. The molecule has 0 spiro atoms. The molecule has 0 aliphatic carbocycles. The lowest BCUT2D eigenvalue weighted by Crippen LogP contribution is -2.06. The van der Waals surface area contributed by atoms with Crippen LogP contribution in [0.15, 0.2) is 48.1 Å². The zero-order chi connectivity index (χ0) is 12.2. The van der Waals surface area contributed by atoms with Crippen LogP contribution in [0.4, 0.5) is 5.82 Å². The zero-order valence-electron chi connectivity index (χ0n) is 9.84. The van der Waals surface area contributed by atoms with E-state index in [1.54, 1.807) is 17.7 Å². The quantitative estimate of drug-likeness (QED) is 0.777. The standard InChI is InChI=1S/C14H13N3S/c1-2-4-11(5-3-1)6-8-15-13-12-7-9-18-14(12)17-10-16-13/h1-5,7,9-10H,6,8H2,(H,15,16,17). The van der Waals surface area contributed by atoms with Crippen molar-refractivity contribution in [3.05, 3.63) is 53.7 Å². The lowest BCUT2D eigenvalue weighted by atomic mass is 10.1. The number of nitrogens with zero attached hydrogens (tertiary/aromatic N) is 2. The first-order valence-corrected chi connectivity index (χ1v) is 6.77. The van der Waals surface area contributed by atoms with Gasteiger partial charge in [0.15, 0.2) is 0 Å². The Morgan fingerprint density at radius 3 is 2.83 bits per heavy atom. The fourth-order valence-electron chi connectivity index (χ4n) is 1.90. The predicted octanol–water partition coefficient (Wildman–Crippen LogP) is 3.35. The highest BCUT2D eigenvalue weighted by atomic mass is 32.1. The van der Waals surface area contributed by atoms with E-state index in [0.717, 1.165) is 29.0 Å². The molecule has 1 N–H and O–H groups in total. The summed E-state index contributed by atoms with van der Waals surface area (Å²) in [6.45, 7) is 0.881. The van der Waals surface area contributed by atoms with Gasteiger partial charge in [-0.1, -0.05) is 30.3 Å². The van der Waals surface area contributed by atoms with Crippen LogP contribution in [-0.2, 0) is 6.42 Å². The monoisotopic (exact) mass is 255 g/mol. The Balaban J connectivity index is 1.68. The number of hydrogen-bond acceptors (Lipinski definition) is 4. The largest absolute Gasteiger partial charge is 0.369 e. The molecule has 0 saturated heterocycles. The highest BCUT2D eigenvalue weighted by molar-refractivity contribution is 7.16. The molecule has 0 atom stereocenters. The lowest BCUT2D eigenvalue weighted by Gasteiger charge is -2.06. The number of nitrogens with one attached hydrogen (secondary N) is 1. The fourth-order valence-corrected chi connectivity index (χ4v) is 2.63. The Labute approximate surface area is 110 Å². The summed E-state index contributed by atoms with van der Waals surface area (Å²) in [6.07, 6.45) is 2.61. The number of hydrogen-bond donors (Lipinski definition) is 1. The highest BCUT2D eigenvalue weighted by Crippen LogP contribution is 2.23. The molecule has 0 amide bonds. The van der Waals surface area contributed by atoms with Gasteiger partial charge in [0.25, 0.3) is 0 Å². The summed E-state index contributed by atoms with van der Waals surface area (Å²) in [4.78, 5) is 9.56.